The van der Waals surface area contributed by atoms with Crippen molar-refractivity contribution in [3.8, 4) is 0 Å². The number of carbonyl (C=O) groups is 3. The minimum absolute atomic E-state index is 0.0209. The molecule has 3 rings (SSSR count). The van der Waals surface area contributed by atoms with Gasteiger partial charge in [0.15, 0.2) is 6.29 Å². The van der Waals surface area contributed by atoms with Gasteiger partial charge in [-0.1, -0.05) is 6.42 Å². The van der Waals surface area contributed by atoms with Gasteiger partial charge in [0, 0.05) is 30.4 Å². The first-order valence-electron chi connectivity index (χ1n) is 12.8. The largest absolute Gasteiger partial charge is 0.466 e. The summed E-state index contributed by atoms with van der Waals surface area (Å²) >= 11 is 1.83. The van der Waals surface area contributed by atoms with E-state index < -0.39 is 52.5 Å². The predicted octanol–water partition coefficient (Wildman–Crippen LogP) is -2.14. The van der Waals surface area contributed by atoms with Crippen molar-refractivity contribution in [3.63, 3.8) is 0 Å². The molecule has 3 aliphatic heterocycles. The summed E-state index contributed by atoms with van der Waals surface area (Å²) in [7, 11) is -4.52. The number of thioether (sulfide) groups is 1. The van der Waals surface area contributed by atoms with Crippen LogP contribution in [0.1, 0.15) is 38.5 Å². The average molecular weight is 600 g/mol. The highest BCUT2D eigenvalue weighted by Crippen LogP contribution is 2.33. The maximum Gasteiger partial charge on any atom is 0.315 e. The van der Waals surface area contributed by atoms with E-state index in [0.29, 0.717) is 18.1 Å². The maximum absolute atomic E-state index is 12.0. The fraction of sp³-hybridized carbons (Fsp3) is 0.864. The van der Waals surface area contributed by atoms with Crippen molar-refractivity contribution >= 4 is 39.8 Å². The van der Waals surface area contributed by atoms with Crippen molar-refractivity contribution in [2.75, 3.05) is 31.3 Å². The molecule has 0 bridgehead atoms. The fourth-order valence-electron chi connectivity index (χ4n) is 4.58. The Hall–Kier alpha value is -1.73. The molecule has 0 aromatic heterocycles. The number of aliphatic hydroxyl groups is 3. The molecule has 3 fully saturated rings. The number of nitrogens with one attached hydrogen (secondary N) is 3. The minimum atomic E-state index is -4.52. The van der Waals surface area contributed by atoms with Crippen LogP contribution in [0.25, 0.3) is 0 Å². The zero-order valence-electron chi connectivity index (χ0n) is 21.3. The Kier molecular flexibility index (Phi) is 12.0. The van der Waals surface area contributed by atoms with Gasteiger partial charge in [-0.25, -0.2) is 4.79 Å². The number of rotatable bonds is 15. The number of ether oxygens (including phenoxy) is 3. The molecular formula is C22H37N3O12S2. The molecule has 39 heavy (non-hydrogen) atoms. The van der Waals surface area contributed by atoms with Crippen molar-refractivity contribution < 1.29 is 56.9 Å². The summed E-state index contributed by atoms with van der Waals surface area (Å²) in [4.78, 5) is 35.3. The van der Waals surface area contributed by atoms with Crippen LogP contribution in [-0.4, -0.2) is 126 Å². The van der Waals surface area contributed by atoms with E-state index in [2.05, 4.69) is 16.0 Å². The Labute approximate surface area is 230 Å². The Bertz CT molecular complexity index is 955. The second kappa shape index (κ2) is 14.8. The average Bonchev–Trinajstić information content (AvgIpc) is 3.41. The van der Waals surface area contributed by atoms with E-state index in [-0.39, 0.29) is 56.6 Å². The molecule has 8 atom stereocenters. The lowest BCUT2D eigenvalue weighted by Gasteiger charge is -2.39. The molecule has 17 heteroatoms. The topological polar surface area (TPSA) is 230 Å². The van der Waals surface area contributed by atoms with Gasteiger partial charge in [0.25, 0.3) is 10.1 Å². The molecule has 0 radical (unpaired) electrons. The van der Waals surface area contributed by atoms with Crippen molar-refractivity contribution in [2.45, 2.75) is 86.6 Å². The van der Waals surface area contributed by atoms with Crippen LogP contribution < -0.4 is 16.0 Å². The number of amides is 3. The number of aliphatic hydroxyl groups excluding tert-OH is 3. The van der Waals surface area contributed by atoms with Crippen molar-refractivity contribution in [3.05, 3.63) is 0 Å². The summed E-state index contributed by atoms with van der Waals surface area (Å²) in [6.07, 6.45) is -5.15. The van der Waals surface area contributed by atoms with Gasteiger partial charge in [-0.05, 0) is 12.8 Å². The third-order valence-corrected chi connectivity index (χ3v) is 8.87. The van der Waals surface area contributed by atoms with Crippen LogP contribution in [0.4, 0.5) is 4.79 Å². The molecule has 3 heterocycles. The van der Waals surface area contributed by atoms with Crippen LogP contribution in [-0.2, 0) is 33.9 Å². The molecule has 3 amide bonds. The van der Waals surface area contributed by atoms with Gasteiger partial charge in [0.2, 0.25) is 5.91 Å². The molecule has 224 valence electrons. The lowest BCUT2D eigenvalue weighted by atomic mass is 10.00. The summed E-state index contributed by atoms with van der Waals surface area (Å²) in [5.74, 6) is -0.790. The third kappa shape index (κ3) is 10.00. The van der Waals surface area contributed by atoms with Crippen LogP contribution in [0.5, 0.6) is 0 Å². The van der Waals surface area contributed by atoms with Gasteiger partial charge in [-0.15, -0.1) is 0 Å². The number of hydrogen-bond donors (Lipinski definition) is 7. The monoisotopic (exact) mass is 599 g/mol. The summed E-state index contributed by atoms with van der Waals surface area (Å²) in [5.41, 5.74) is 0. The van der Waals surface area contributed by atoms with Crippen LogP contribution in [0.15, 0.2) is 0 Å². The summed E-state index contributed by atoms with van der Waals surface area (Å²) in [6.45, 7) is 0.00853. The lowest BCUT2D eigenvalue weighted by molar-refractivity contribution is -0.292. The zero-order valence-corrected chi connectivity index (χ0v) is 22.9. The summed E-state index contributed by atoms with van der Waals surface area (Å²) in [5, 5.41) is 38.5. The first kappa shape index (κ1) is 31.8. The Morgan fingerprint density at radius 3 is 2.56 bits per heavy atom. The first-order valence-corrected chi connectivity index (χ1v) is 15.5. The predicted molar refractivity (Wildman–Crippen MR) is 136 cm³/mol. The third-order valence-electron chi connectivity index (χ3n) is 6.61. The Morgan fingerprint density at radius 2 is 1.82 bits per heavy atom. The fourth-order valence-corrected chi connectivity index (χ4v) is 6.82. The van der Waals surface area contributed by atoms with Gasteiger partial charge < -0.3 is 45.5 Å². The minimum Gasteiger partial charge on any atom is -0.466 e. The van der Waals surface area contributed by atoms with E-state index in [9.17, 15) is 38.1 Å². The number of carbonyl (C=O) groups excluding carboxylic acids is 3. The number of fused-ring (bicyclic) bond motifs is 1. The summed E-state index contributed by atoms with van der Waals surface area (Å²) < 4.78 is 46.5. The first-order chi connectivity index (χ1) is 18.4. The van der Waals surface area contributed by atoms with Gasteiger partial charge in [0.1, 0.15) is 30.2 Å². The highest BCUT2D eigenvalue weighted by molar-refractivity contribution is 8.00. The Balaban J connectivity index is 1.19. The number of hydrogen-bond acceptors (Lipinski definition) is 12. The highest BCUT2D eigenvalue weighted by atomic mass is 32.2. The van der Waals surface area contributed by atoms with E-state index in [1.54, 1.807) is 0 Å². The molecule has 7 N–H and O–H groups in total. The van der Waals surface area contributed by atoms with Crippen LogP contribution in [0, 0.1) is 0 Å². The van der Waals surface area contributed by atoms with Gasteiger partial charge in [0.05, 0.1) is 31.7 Å². The molecule has 0 aromatic rings. The lowest BCUT2D eigenvalue weighted by Crippen LogP contribution is -2.59. The van der Waals surface area contributed by atoms with Crippen molar-refractivity contribution in [1.82, 2.24) is 16.0 Å². The normalized spacial score (nSPS) is 32.3. The van der Waals surface area contributed by atoms with E-state index in [4.69, 9.17) is 18.8 Å². The maximum atomic E-state index is 12.0. The molecule has 0 aromatic carbocycles. The van der Waals surface area contributed by atoms with E-state index in [1.165, 1.54) is 0 Å². The molecule has 0 aliphatic carbocycles. The van der Waals surface area contributed by atoms with Crippen LogP contribution >= 0.6 is 11.8 Å². The standard InChI is InChI=1S/C22H37N3O12S2/c26-15(5-2-1-4-14-17-12(10-38-14)24-22(31)25-17)23-7-6-16(27)35-8-3-9-36-21-20(30)19(29)18(28)13(37-21)11-39(32,33)34/h12-14,17-21,28-30H,1-11H2,(H,23,26)(H2,24,25,31)(H,32,33,34)/t12-,13+,14-,17-,18+,19-,20+,21-/m0/s1. The molecule has 3 saturated heterocycles. The molecule has 0 unspecified atom stereocenters. The highest BCUT2D eigenvalue weighted by Gasteiger charge is 2.45. The molecular weight excluding hydrogens is 562 g/mol. The van der Waals surface area contributed by atoms with Crippen LogP contribution in [0.3, 0.4) is 0 Å². The second-order valence-corrected chi connectivity index (χ2v) is 12.4. The van der Waals surface area contributed by atoms with Crippen LogP contribution in [0.2, 0.25) is 0 Å². The number of esters is 1. The van der Waals surface area contributed by atoms with E-state index >= 15 is 0 Å². The quantitative estimate of drug-likeness (QED) is 0.0462. The second-order valence-electron chi connectivity index (χ2n) is 9.68. The van der Waals surface area contributed by atoms with Gasteiger partial charge >= 0.3 is 12.0 Å². The SMILES string of the molecule is O=C(CCCC[C@@H]1SC[C@@H]2NC(=O)N[C@@H]21)NCCC(=O)OCCCO[C@H]1O[C@H](CS(=O)(=O)O)[C@@H](O)[C@H](O)[C@H]1O. The number of unbranched alkanes of at least 4 members (excludes halogenated alkanes) is 1. The van der Waals surface area contributed by atoms with Gasteiger partial charge in [-0.3, -0.25) is 14.1 Å². The smallest absolute Gasteiger partial charge is 0.315 e. The molecule has 15 nitrogen and oxygen atoms in total. The molecule has 3 aliphatic rings. The van der Waals surface area contributed by atoms with Crippen molar-refractivity contribution in [1.29, 1.82) is 0 Å². The van der Waals surface area contributed by atoms with Gasteiger partial charge in [-0.2, -0.15) is 20.2 Å². The molecule has 0 saturated carbocycles. The molecule has 0 spiro atoms. The van der Waals surface area contributed by atoms with E-state index in [0.717, 1.165) is 18.6 Å². The zero-order chi connectivity index (χ0) is 28.6. The summed E-state index contributed by atoms with van der Waals surface area (Å²) in [6, 6.07) is 0.208. The van der Waals surface area contributed by atoms with E-state index in [1.807, 2.05) is 11.8 Å². The number of urea groups is 1. The van der Waals surface area contributed by atoms with Crippen molar-refractivity contribution in [2.24, 2.45) is 0 Å². The Morgan fingerprint density at radius 1 is 1.05 bits per heavy atom.